The summed E-state index contributed by atoms with van der Waals surface area (Å²) in [4.78, 5) is 25.6. The predicted octanol–water partition coefficient (Wildman–Crippen LogP) is 0.871. The van der Waals surface area contributed by atoms with E-state index in [1.807, 2.05) is 19.1 Å². The summed E-state index contributed by atoms with van der Waals surface area (Å²) in [6.07, 6.45) is 1.51. The molecule has 0 saturated heterocycles. The molecule has 0 spiro atoms. The Hall–Kier alpha value is -1.91. The van der Waals surface area contributed by atoms with Crippen molar-refractivity contribution in [2.45, 2.75) is 26.3 Å². The van der Waals surface area contributed by atoms with Crippen LogP contribution < -0.4 is 5.32 Å². The summed E-state index contributed by atoms with van der Waals surface area (Å²) < 4.78 is 0. The molecule has 5 heteroatoms. The molecule has 0 aliphatic rings. The Morgan fingerprint density at radius 1 is 1.44 bits per heavy atom. The summed E-state index contributed by atoms with van der Waals surface area (Å²) in [7, 11) is 0. The molecule has 86 valence electrons. The molecule has 0 saturated carbocycles. The minimum atomic E-state index is -0.968. The number of aromatic nitrogens is 1. The third-order valence-corrected chi connectivity index (χ3v) is 2.14. The Morgan fingerprint density at radius 2 is 2.19 bits per heavy atom. The van der Waals surface area contributed by atoms with Crippen molar-refractivity contribution in [3.05, 3.63) is 29.6 Å². The molecule has 1 rings (SSSR count). The highest BCUT2D eigenvalue weighted by Gasteiger charge is 2.06. The van der Waals surface area contributed by atoms with Gasteiger partial charge in [-0.2, -0.15) is 0 Å². The van der Waals surface area contributed by atoms with Crippen molar-refractivity contribution in [2.24, 2.45) is 0 Å². The van der Waals surface area contributed by atoms with Crippen molar-refractivity contribution in [1.29, 1.82) is 0 Å². The minimum absolute atomic E-state index is 0.00120. The van der Waals surface area contributed by atoms with Crippen molar-refractivity contribution in [2.75, 3.05) is 0 Å². The first-order chi connectivity index (χ1) is 7.59. The van der Waals surface area contributed by atoms with Gasteiger partial charge in [0.15, 0.2) is 0 Å². The van der Waals surface area contributed by atoms with Crippen LogP contribution in [0.1, 0.15) is 24.1 Å². The van der Waals surface area contributed by atoms with Gasteiger partial charge in [0, 0.05) is 12.6 Å². The van der Waals surface area contributed by atoms with Crippen molar-refractivity contribution >= 4 is 11.9 Å². The number of hydrogen-bond donors (Lipinski definition) is 2. The highest BCUT2D eigenvalue weighted by atomic mass is 16.4. The van der Waals surface area contributed by atoms with Crippen LogP contribution in [0, 0.1) is 6.92 Å². The third-order valence-electron chi connectivity index (χ3n) is 2.14. The second-order valence-corrected chi connectivity index (χ2v) is 3.44. The molecular formula is C11H14N2O3. The fourth-order valence-corrected chi connectivity index (χ4v) is 1.19. The van der Waals surface area contributed by atoms with E-state index in [0.29, 0.717) is 6.54 Å². The normalized spacial score (nSPS) is 9.81. The lowest BCUT2D eigenvalue weighted by Crippen LogP contribution is -2.24. The maximum Gasteiger partial charge on any atom is 0.303 e. The summed E-state index contributed by atoms with van der Waals surface area (Å²) in [5, 5.41) is 11.0. The molecule has 5 nitrogen and oxygen atoms in total. The quantitative estimate of drug-likeness (QED) is 0.774. The molecule has 1 aromatic rings. The zero-order chi connectivity index (χ0) is 12.0. The molecule has 1 aromatic heterocycles. The van der Waals surface area contributed by atoms with Crippen molar-refractivity contribution < 1.29 is 14.7 Å². The predicted molar refractivity (Wildman–Crippen MR) is 57.7 cm³/mol. The first-order valence-corrected chi connectivity index (χ1v) is 4.98. The molecule has 0 bridgehead atoms. The summed E-state index contributed by atoms with van der Waals surface area (Å²) in [6.45, 7) is 2.25. The smallest absolute Gasteiger partial charge is 0.303 e. The van der Waals surface area contributed by atoms with Gasteiger partial charge in [-0.3, -0.25) is 14.6 Å². The zero-order valence-corrected chi connectivity index (χ0v) is 9.06. The number of hydrogen-bond acceptors (Lipinski definition) is 3. The summed E-state index contributed by atoms with van der Waals surface area (Å²) in [6, 6.07) is 3.73. The zero-order valence-electron chi connectivity index (χ0n) is 9.06. The molecule has 0 unspecified atom stereocenters. The van der Waals surface area contributed by atoms with Gasteiger partial charge in [-0.15, -0.1) is 0 Å². The van der Waals surface area contributed by atoms with Crippen molar-refractivity contribution in [3.63, 3.8) is 0 Å². The van der Waals surface area contributed by atoms with Crippen LogP contribution in [0.15, 0.2) is 18.3 Å². The summed E-state index contributed by atoms with van der Waals surface area (Å²) in [5.74, 6) is -1.24. The van der Waals surface area contributed by atoms with Crippen LogP contribution >= 0.6 is 0 Å². The molecule has 0 fully saturated rings. The van der Waals surface area contributed by atoms with E-state index in [1.54, 1.807) is 6.20 Å². The van der Waals surface area contributed by atoms with E-state index in [9.17, 15) is 9.59 Å². The molecule has 0 aliphatic heterocycles. The Morgan fingerprint density at radius 3 is 2.81 bits per heavy atom. The van der Waals surface area contributed by atoms with Gasteiger partial charge in [-0.25, -0.2) is 0 Å². The molecular weight excluding hydrogens is 208 g/mol. The second-order valence-electron chi connectivity index (χ2n) is 3.44. The van der Waals surface area contributed by atoms with Gasteiger partial charge >= 0.3 is 5.97 Å². The lowest BCUT2D eigenvalue weighted by atomic mass is 10.2. The number of carboxylic acid groups (broad SMARTS) is 1. The topological polar surface area (TPSA) is 79.3 Å². The van der Waals surface area contributed by atoms with E-state index < -0.39 is 5.97 Å². The number of rotatable bonds is 5. The fraction of sp³-hybridized carbons (Fsp3) is 0.364. The number of carbonyl (C=O) groups excluding carboxylic acids is 1. The van der Waals surface area contributed by atoms with Crippen LogP contribution in [0.4, 0.5) is 0 Å². The lowest BCUT2D eigenvalue weighted by molar-refractivity contribution is -0.138. The number of amides is 1. The SMILES string of the molecule is Cc1cccnc1CNC(=O)CCC(=O)O. The Balaban J connectivity index is 2.37. The van der Waals surface area contributed by atoms with E-state index in [4.69, 9.17) is 5.11 Å². The Bertz CT molecular complexity index is 391. The van der Waals surface area contributed by atoms with Gasteiger partial charge in [-0.05, 0) is 18.6 Å². The van der Waals surface area contributed by atoms with Crippen molar-refractivity contribution in [1.82, 2.24) is 10.3 Å². The minimum Gasteiger partial charge on any atom is -0.481 e. The second kappa shape index (κ2) is 5.85. The van der Waals surface area contributed by atoms with E-state index in [1.165, 1.54) is 0 Å². The number of pyridine rings is 1. The number of carboxylic acids is 1. The number of nitrogens with one attached hydrogen (secondary N) is 1. The van der Waals surface area contributed by atoms with Gasteiger partial charge < -0.3 is 10.4 Å². The van der Waals surface area contributed by atoms with Crippen LogP contribution in [0.2, 0.25) is 0 Å². The van der Waals surface area contributed by atoms with Gasteiger partial charge in [0.05, 0.1) is 18.7 Å². The van der Waals surface area contributed by atoms with Crippen LogP contribution in [0.3, 0.4) is 0 Å². The summed E-state index contributed by atoms with van der Waals surface area (Å²) in [5.41, 5.74) is 1.80. The first-order valence-electron chi connectivity index (χ1n) is 4.98. The number of aliphatic carboxylic acids is 1. The van der Waals surface area contributed by atoms with Gasteiger partial charge in [0.25, 0.3) is 0 Å². The molecule has 2 N–H and O–H groups in total. The maximum absolute atomic E-state index is 11.2. The lowest BCUT2D eigenvalue weighted by Gasteiger charge is -2.05. The molecule has 0 aliphatic carbocycles. The van der Waals surface area contributed by atoms with Crippen LogP contribution in [-0.2, 0) is 16.1 Å². The summed E-state index contributed by atoms with van der Waals surface area (Å²) >= 11 is 0. The van der Waals surface area contributed by atoms with Crippen molar-refractivity contribution in [3.8, 4) is 0 Å². The Kier molecular flexibility index (Phi) is 4.44. The third kappa shape index (κ3) is 4.08. The molecule has 1 heterocycles. The highest BCUT2D eigenvalue weighted by molar-refractivity contribution is 5.80. The molecule has 1 amide bonds. The Labute approximate surface area is 93.5 Å². The molecule has 0 atom stereocenters. The van der Waals surface area contributed by atoms with E-state index in [0.717, 1.165) is 11.3 Å². The maximum atomic E-state index is 11.2. The van der Waals surface area contributed by atoms with Gasteiger partial charge in [0.2, 0.25) is 5.91 Å². The largest absolute Gasteiger partial charge is 0.481 e. The fourth-order valence-electron chi connectivity index (χ4n) is 1.19. The van der Waals surface area contributed by atoms with Gasteiger partial charge in [-0.1, -0.05) is 6.07 Å². The molecule has 0 radical (unpaired) electrons. The number of nitrogens with zero attached hydrogens (tertiary/aromatic N) is 1. The van der Waals surface area contributed by atoms with Crippen LogP contribution in [0.5, 0.6) is 0 Å². The molecule has 16 heavy (non-hydrogen) atoms. The van der Waals surface area contributed by atoms with Crippen LogP contribution in [-0.4, -0.2) is 22.0 Å². The average molecular weight is 222 g/mol. The standard InChI is InChI=1S/C11H14N2O3/c1-8-3-2-6-12-9(8)7-13-10(14)4-5-11(15)16/h2-3,6H,4-5,7H2,1H3,(H,13,14)(H,15,16). The average Bonchev–Trinajstić information content (AvgIpc) is 2.25. The van der Waals surface area contributed by atoms with E-state index in [-0.39, 0.29) is 18.7 Å². The van der Waals surface area contributed by atoms with E-state index >= 15 is 0 Å². The highest BCUT2D eigenvalue weighted by Crippen LogP contribution is 2.02. The first kappa shape index (κ1) is 12.2. The van der Waals surface area contributed by atoms with Gasteiger partial charge in [0.1, 0.15) is 0 Å². The van der Waals surface area contributed by atoms with Crippen LogP contribution in [0.25, 0.3) is 0 Å². The molecule has 0 aromatic carbocycles. The van der Waals surface area contributed by atoms with E-state index in [2.05, 4.69) is 10.3 Å². The number of carbonyl (C=O) groups is 2. The number of aryl methyl sites for hydroxylation is 1. The monoisotopic (exact) mass is 222 g/mol.